The molecule has 0 fully saturated rings. The van der Waals surface area contributed by atoms with E-state index in [1.54, 1.807) is 0 Å². The van der Waals surface area contributed by atoms with Crippen LogP contribution in [0.25, 0.3) is 10.8 Å². The fraction of sp³-hybridized carbons (Fsp3) is 0.0588. The fourth-order valence-corrected chi connectivity index (χ4v) is 2.08. The van der Waals surface area contributed by atoms with Crippen LogP contribution in [0.5, 0.6) is 0 Å². The number of benzene rings is 2. The molecule has 19 heavy (non-hydrogen) atoms. The number of hydrogen-bond donors (Lipinski definition) is 0. The number of fused-ring (bicyclic) bond motifs is 2. The molecule has 0 bridgehead atoms. The summed E-state index contributed by atoms with van der Waals surface area (Å²) in [6.07, 6.45) is 6.64. The summed E-state index contributed by atoms with van der Waals surface area (Å²) in [5, 5.41) is 2.45. The molecule has 0 aliphatic carbocycles. The van der Waals surface area contributed by atoms with Crippen molar-refractivity contribution in [3.8, 4) is 0 Å². The van der Waals surface area contributed by atoms with Gasteiger partial charge in [0.1, 0.15) is 0 Å². The standard InChI is InChI=1S/C9H7N.C8H7N/c1-2-4-9-7-10-6-5-8(9)3-1;1-2-4-8-7(3-1)5-6-9-8/h1-7H;1-4,6H,5H2. The molecule has 2 nitrogen and oxygen atoms in total. The number of rotatable bonds is 0. The number of nitrogens with zero attached hydrogens (tertiary/aromatic N) is 2. The van der Waals surface area contributed by atoms with Crippen LogP contribution in [0.3, 0.4) is 0 Å². The Morgan fingerprint density at radius 3 is 2.42 bits per heavy atom. The minimum Gasteiger partial charge on any atom is -0.264 e. The smallest absolute Gasteiger partial charge is 0.0661 e. The van der Waals surface area contributed by atoms with Crippen LogP contribution in [0.4, 0.5) is 5.69 Å². The van der Waals surface area contributed by atoms with Crippen LogP contribution in [-0.4, -0.2) is 11.2 Å². The molecule has 0 N–H and O–H groups in total. The van der Waals surface area contributed by atoms with E-state index in [1.807, 2.05) is 55.0 Å². The SMILES string of the molecule is C1=Nc2ccccc2C1.c1ccc2cnccc2c1. The molecule has 0 unspecified atom stereocenters. The van der Waals surface area contributed by atoms with Crippen molar-refractivity contribution in [3.63, 3.8) is 0 Å². The Morgan fingerprint density at radius 2 is 1.58 bits per heavy atom. The lowest BCUT2D eigenvalue weighted by Crippen LogP contribution is -1.75. The summed E-state index contributed by atoms with van der Waals surface area (Å²) in [7, 11) is 0. The summed E-state index contributed by atoms with van der Waals surface area (Å²) in [6.45, 7) is 0. The molecule has 0 spiro atoms. The van der Waals surface area contributed by atoms with E-state index in [2.05, 4.69) is 28.2 Å². The van der Waals surface area contributed by atoms with Crippen molar-refractivity contribution in [1.29, 1.82) is 0 Å². The number of aromatic nitrogens is 1. The van der Waals surface area contributed by atoms with Gasteiger partial charge in [0.05, 0.1) is 5.69 Å². The molecule has 3 aromatic rings. The number of aliphatic imine (C=N–C) groups is 1. The van der Waals surface area contributed by atoms with Gasteiger partial charge < -0.3 is 0 Å². The van der Waals surface area contributed by atoms with Crippen molar-refractivity contribution in [3.05, 3.63) is 72.6 Å². The summed E-state index contributed by atoms with van der Waals surface area (Å²) < 4.78 is 0. The lowest BCUT2D eigenvalue weighted by molar-refractivity contribution is 1.36. The molecule has 0 amide bonds. The first-order chi connectivity index (χ1) is 9.43. The second-order valence-corrected chi connectivity index (χ2v) is 4.37. The Bertz CT molecular complexity index is 652. The predicted molar refractivity (Wildman–Crippen MR) is 80.0 cm³/mol. The third-order valence-corrected chi connectivity index (χ3v) is 3.08. The lowest BCUT2D eigenvalue weighted by Gasteiger charge is -1.91. The van der Waals surface area contributed by atoms with Gasteiger partial charge in [0.15, 0.2) is 0 Å². The van der Waals surface area contributed by atoms with Gasteiger partial charge in [-0.25, -0.2) is 0 Å². The van der Waals surface area contributed by atoms with Gasteiger partial charge in [0.25, 0.3) is 0 Å². The Kier molecular flexibility index (Phi) is 3.32. The van der Waals surface area contributed by atoms with E-state index in [4.69, 9.17) is 0 Å². The molecular weight excluding hydrogens is 232 g/mol. The maximum atomic E-state index is 4.17. The van der Waals surface area contributed by atoms with Gasteiger partial charge in [0.2, 0.25) is 0 Å². The molecule has 4 rings (SSSR count). The zero-order chi connectivity index (χ0) is 12.9. The first-order valence-corrected chi connectivity index (χ1v) is 6.33. The van der Waals surface area contributed by atoms with E-state index < -0.39 is 0 Å². The summed E-state index contributed by atoms with van der Waals surface area (Å²) >= 11 is 0. The van der Waals surface area contributed by atoms with Crippen molar-refractivity contribution in [1.82, 2.24) is 4.98 Å². The molecule has 92 valence electrons. The third kappa shape index (κ3) is 2.68. The molecule has 0 saturated heterocycles. The predicted octanol–water partition coefficient (Wildman–Crippen LogP) is 4.18. The lowest BCUT2D eigenvalue weighted by atomic mass is 10.2. The van der Waals surface area contributed by atoms with E-state index in [9.17, 15) is 0 Å². The first kappa shape index (κ1) is 11.6. The fourth-order valence-electron chi connectivity index (χ4n) is 2.08. The van der Waals surface area contributed by atoms with Gasteiger partial charge in [-0.1, -0.05) is 42.5 Å². The van der Waals surface area contributed by atoms with Crippen LogP contribution in [-0.2, 0) is 6.42 Å². The number of hydrogen-bond acceptors (Lipinski definition) is 2. The molecule has 0 radical (unpaired) electrons. The first-order valence-electron chi connectivity index (χ1n) is 6.33. The topological polar surface area (TPSA) is 25.2 Å². The van der Waals surface area contributed by atoms with Gasteiger partial charge in [-0.3, -0.25) is 9.98 Å². The molecule has 2 heterocycles. The van der Waals surface area contributed by atoms with Gasteiger partial charge in [-0.2, -0.15) is 0 Å². The van der Waals surface area contributed by atoms with Crippen LogP contribution in [0, 0.1) is 0 Å². The molecule has 0 saturated carbocycles. The summed E-state index contributed by atoms with van der Waals surface area (Å²) in [5.74, 6) is 0. The summed E-state index contributed by atoms with van der Waals surface area (Å²) in [5.41, 5.74) is 2.48. The molecule has 1 aliphatic heterocycles. The summed E-state index contributed by atoms with van der Waals surface area (Å²) in [4.78, 5) is 8.19. The van der Waals surface area contributed by atoms with Crippen LogP contribution in [0.1, 0.15) is 5.56 Å². The van der Waals surface area contributed by atoms with Crippen LogP contribution in [0.15, 0.2) is 72.0 Å². The minimum atomic E-state index is 1.01. The maximum Gasteiger partial charge on any atom is 0.0661 e. The Morgan fingerprint density at radius 1 is 0.789 bits per heavy atom. The van der Waals surface area contributed by atoms with E-state index in [0.717, 1.165) is 12.1 Å². The number of para-hydroxylation sites is 1. The van der Waals surface area contributed by atoms with Crippen molar-refractivity contribution in [2.75, 3.05) is 0 Å². The van der Waals surface area contributed by atoms with Crippen LogP contribution >= 0.6 is 0 Å². The van der Waals surface area contributed by atoms with Gasteiger partial charge in [0, 0.05) is 25.0 Å². The van der Waals surface area contributed by atoms with Crippen molar-refractivity contribution < 1.29 is 0 Å². The van der Waals surface area contributed by atoms with E-state index >= 15 is 0 Å². The summed E-state index contributed by atoms with van der Waals surface area (Å²) in [6, 6.07) is 18.4. The average molecular weight is 246 g/mol. The van der Waals surface area contributed by atoms with Crippen molar-refractivity contribution in [2.24, 2.45) is 4.99 Å². The Labute approximate surface area is 112 Å². The van der Waals surface area contributed by atoms with E-state index in [0.29, 0.717) is 0 Å². The van der Waals surface area contributed by atoms with Crippen LogP contribution < -0.4 is 0 Å². The monoisotopic (exact) mass is 246 g/mol. The zero-order valence-electron chi connectivity index (χ0n) is 10.5. The highest BCUT2D eigenvalue weighted by Crippen LogP contribution is 2.22. The molecule has 2 aromatic carbocycles. The highest BCUT2D eigenvalue weighted by Gasteiger charge is 2.01. The van der Waals surface area contributed by atoms with E-state index in [-0.39, 0.29) is 0 Å². The molecule has 1 aliphatic rings. The molecular formula is C17H14N2. The van der Waals surface area contributed by atoms with Gasteiger partial charge >= 0.3 is 0 Å². The van der Waals surface area contributed by atoms with Crippen molar-refractivity contribution >= 4 is 22.7 Å². The van der Waals surface area contributed by atoms with E-state index in [1.165, 1.54) is 16.3 Å². The number of pyridine rings is 1. The molecule has 1 aromatic heterocycles. The van der Waals surface area contributed by atoms with Gasteiger partial charge in [-0.15, -0.1) is 0 Å². The maximum absolute atomic E-state index is 4.17. The highest BCUT2D eigenvalue weighted by atomic mass is 14.7. The van der Waals surface area contributed by atoms with Crippen molar-refractivity contribution in [2.45, 2.75) is 6.42 Å². The zero-order valence-corrected chi connectivity index (χ0v) is 10.5. The average Bonchev–Trinajstić information content (AvgIpc) is 2.96. The normalized spacial score (nSPS) is 11.8. The Balaban J connectivity index is 0.000000117. The molecule has 0 atom stereocenters. The van der Waals surface area contributed by atoms with Crippen LogP contribution in [0.2, 0.25) is 0 Å². The largest absolute Gasteiger partial charge is 0.264 e. The molecule has 2 heteroatoms. The second kappa shape index (κ2) is 5.44. The minimum absolute atomic E-state index is 1.01. The third-order valence-electron chi connectivity index (χ3n) is 3.08. The second-order valence-electron chi connectivity index (χ2n) is 4.37. The highest BCUT2D eigenvalue weighted by molar-refractivity contribution is 5.81. The Hall–Kier alpha value is -2.48. The van der Waals surface area contributed by atoms with Gasteiger partial charge in [-0.05, 0) is 28.5 Å². The quantitative estimate of drug-likeness (QED) is 0.584.